The molecular formula is C14H15ClN2O. The number of halogens is 1. The summed E-state index contributed by atoms with van der Waals surface area (Å²) >= 11 is 5.68. The van der Waals surface area contributed by atoms with E-state index < -0.39 is 0 Å². The molecule has 2 rings (SSSR count). The summed E-state index contributed by atoms with van der Waals surface area (Å²) in [4.78, 5) is 8.12. The van der Waals surface area contributed by atoms with Gasteiger partial charge in [-0.25, -0.2) is 4.98 Å². The van der Waals surface area contributed by atoms with Gasteiger partial charge in [-0.05, 0) is 17.5 Å². The molecule has 18 heavy (non-hydrogen) atoms. The zero-order valence-corrected chi connectivity index (χ0v) is 11.2. The van der Waals surface area contributed by atoms with Crippen molar-refractivity contribution in [1.29, 1.82) is 0 Å². The average molecular weight is 263 g/mol. The quantitative estimate of drug-likeness (QED) is 0.840. The van der Waals surface area contributed by atoms with Crippen molar-refractivity contribution < 1.29 is 4.74 Å². The number of hydrogen-bond acceptors (Lipinski definition) is 3. The van der Waals surface area contributed by atoms with Gasteiger partial charge in [0.15, 0.2) is 0 Å². The van der Waals surface area contributed by atoms with Gasteiger partial charge in [-0.1, -0.05) is 43.6 Å². The third-order valence-electron chi connectivity index (χ3n) is 2.59. The minimum absolute atomic E-state index is 0.390. The summed E-state index contributed by atoms with van der Waals surface area (Å²) in [6.07, 6.45) is 3.15. The smallest absolute Gasteiger partial charge is 0.147 e. The summed E-state index contributed by atoms with van der Waals surface area (Å²) in [5.74, 6) is 1.32. The summed E-state index contributed by atoms with van der Waals surface area (Å²) in [6.45, 7) is 4.68. The Balaban J connectivity index is 2.08. The van der Waals surface area contributed by atoms with Crippen LogP contribution in [0.15, 0.2) is 36.7 Å². The summed E-state index contributed by atoms with van der Waals surface area (Å²) in [5.41, 5.74) is 1.96. The highest BCUT2D eigenvalue weighted by Gasteiger charge is 2.07. The van der Waals surface area contributed by atoms with Crippen molar-refractivity contribution in [2.45, 2.75) is 26.4 Å². The van der Waals surface area contributed by atoms with Crippen LogP contribution in [-0.4, -0.2) is 9.97 Å². The van der Waals surface area contributed by atoms with Gasteiger partial charge < -0.3 is 4.74 Å². The van der Waals surface area contributed by atoms with Gasteiger partial charge in [-0.15, -0.1) is 0 Å². The molecule has 0 saturated carbocycles. The summed E-state index contributed by atoms with van der Waals surface area (Å²) in [5, 5.41) is 0.390. The number of hydrogen-bond donors (Lipinski definition) is 0. The van der Waals surface area contributed by atoms with E-state index in [4.69, 9.17) is 16.3 Å². The second kappa shape index (κ2) is 5.83. The van der Waals surface area contributed by atoms with E-state index in [2.05, 4.69) is 29.9 Å². The standard InChI is InChI=1S/C14H15ClN2O/c1-10(2)12-5-3-4-6-13(12)18-9-11-7-17-14(15)8-16-11/h3-8,10H,9H2,1-2H3. The van der Waals surface area contributed by atoms with Crippen LogP contribution < -0.4 is 4.74 Å². The molecule has 0 aliphatic rings. The number of para-hydroxylation sites is 1. The van der Waals surface area contributed by atoms with Crippen LogP contribution in [-0.2, 0) is 6.61 Å². The summed E-state index contributed by atoms with van der Waals surface area (Å²) in [7, 11) is 0. The van der Waals surface area contributed by atoms with Crippen LogP contribution in [0.3, 0.4) is 0 Å². The Morgan fingerprint density at radius 1 is 1.17 bits per heavy atom. The molecule has 0 aliphatic heterocycles. The second-order valence-corrected chi connectivity index (χ2v) is 4.70. The van der Waals surface area contributed by atoms with Crippen molar-refractivity contribution in [3.63, 3.8) is 0 Å². The van der Waals surface area contributed by atoms with Crippen molar-refractivity contribution in [1.82, 2.24) is 9.97 Å². The van der Waals surface area contributed by atoms with Gasteiger partial charge in [0.25, 0.3) is 0 Å². The maximum Gasteiger partial charge on any atom is 0.147 e. The predicted molar refractivity (Wildman–Crippen MR) is 71.9 cm³/mol. The molecule has 0 bridgehead atoms. The molecule has 1 aromatic heterocycles. The first-order valence-corrected chi connectivity index (χ1v) is 6.22. The Bertz CT molecular complexity index is 511. The fourth-order valence-corrected chi connectivity index (χ4v) is 1.75. The van der Waals surface area contributed by atoms with Crippen LogP contribution in [0.4, 0.5) is 0 Å². The zero-order valence-electron chi connectivity index (χ0n) is 10.4. The maximum absolute atomic E-state index is 5.78. The Labute approximate surface area is 112 Å². The van der Waals surface area contributed by atoms with Crippen molar-refractivity contribution in [3.8, 4) is 5.75 Å². The molecule has 4 heteroatoms. The number of rotatable bonds is 4. The minimum Gasteiger partial charge on any atom is -0.487 e. The first-order chi connectivity index (χ1) is 8.66. The second-order valence-electron chi connectivity index (χ2n) is 4.31. The van der Waals surface area contributed by atoms with Crippen LogP contribution in [0.1, 0.15) is 31.0 Å². The van der Waals surface area contributed by atoms with Crippen LogP contribution in [0.5, 0.6) is 5.75 Å². The molecule has 1 heterocycles. The first kappa shape index (κ1) is 12.8. The third-order valence-corrected chi connectivity index (χ3v) is 2.79. The normalized spacial score (nSPS) is 10.7. The molecular weight excluding hydrogens is 248 g/mol. The molecule has 0 spiro atoms. The van der Waals surface area contributed by atoms with Gasteiger partial charge in [0.1, 0.15) is 17.5 Å². The molecule has 0 radical (unpaired) electrons. The largest absolute Gasteiger partial charge is 0.487 e. The van der Waals surface area contributed by atoms with Crippen molar-refractivity contribution in [2.24, 2.45) is 0 Å². The lowest BCUT2D eigenvalue weighted by Gasteiger charge is -2.13. The van der Waals surface area contributed by atoms with Crippen LogP contribution in [0.25, 0.3) is 0 Å². The van der Waals surface area contributed by atoms with Crippen molar-refractivity contribution in [3.05, 3.63) is 53.1 Å². The Morgan fingerprint density at radius 3 is 2.61 bits per heavy atom. The van der Waals surface area contributed by atoms with Crippen LogP contribution in [0, 0.1) is 0 Å². The van der Waals surface area contributed by atoms with Crippen LogP contribution >= 0.6 is 11.6 Å². The van der Waals surface area contributed by atoms with Gasteiger partial charge in [0.2, 0.25) is 0 Å². The fourth-order valence-electron chi connectivity index (χ4n) is 1.65. The third kappa shape index (κ3) is 3.20. The number of benzene rings is 1. The van der Waals surface area contributed by atoms with Gasteiger partial charge in [-0.2, -0.15) is 0 Å². The molecule has 94 valence electrons. The number of ether oxygens (including phenoxy) is 1. The van der Waals surface area contributed by atoms with Gasteiger partial charge in [-0.3, -0.25) is 4.98 Å². The molecule has 0 fully saturated rings. The topological polar surface area (TPSA) is 35.0 Å². The lowest BCUT2D eigenvalue weighted by atomic mass is 10.0. The monoisotopic (exact) mass is 262 g/mol. The van der Waals surface area contributed by atoms with Gasteiger partial charge >= 0.3 is 0 Å². The molecule has 0 amide bonds. The van der Waals surface area contributed by atoms with E-state index in [1.54, 1.807) is 6.20 Å². The number of aromatic nitrogens is 2. The Morgan fingerprint density at radius 2 is 1.94 bits per heavy atom. The molecule has 0 aliphatic carbocycles. The molecule has 3 nitrogen and oxygen atoms in total. The van der Waals surface area contributed by atoms with E-state index in [0.717, 1.165) is 11.4 Å². The molecule has 2 aromatic rings. The van der Waals surface area contributed by atoms with E-state index in [-0.39, 0.29) is 0 Å². The highest BCUT2D eigenvalue weighted by Crippen LogP contribution is 2.26. The van der Waals surface area contributed by atoms with E-state index in [9.17, 15) is 0 Å². The van der Waals surface area contributed by atoms with Gasteiger partial charge in [0.05, 0.1) is 18.1 Å². The van der Waals surface area contributed by atoms with Crippen molar-refractivity contribution >= 4 is 11.6 Å². The van der Waals surface area contributed by atoms with Gasteiger partial charge in [0, 0.05) is 0 Å². The molecule has 0 N–H and O–H groups in total. The van der Waals surface area contributed by atoms with E-state index in [1.165, 1.54) is 11.8 Å². The first-order valence-electron chi connectivity index (χ1n) is 5.85. The fraction of sp³-hybridized carbons (Fsp3) is 0.286. The molecule has 0 saturated heterocycles. The molecule has 1 aromatic carbocycles. The number of nitrogens with zero attached hydrogens (tertiary/aromatic N) is 2. The highest BCUT2D eigenvalue weighted by molar-refractivity contribution is 6.29. The average Bonchev–Trinajstić information content (AvgIpc) is 2.38. The highest BCUT2D eigenvalue weighted by atomic mass is 35.5. The van der Waals surface area contributed by atoms with Crippen LogP contribution in [0.2, 0.25) is 5.15 Å². The SMILES string of the molecule is CC(C)c1ccccc1OCc1cnc(Cl)cn1. The molecule has 0 atom stereocenters. The zero-order chi connectivity index (χ0) is 13.0. The Kier molecular flexibility index (Phi) is 4.15. The predicted octanol–water partition coefficient (Wildman–Crippen LogP) is 3.83. The minimum atomic E-state index is 0.390. The van der Waals surface area contributed by atoms with E-state index in [0.29, 0.717) is 17.7 Å². The Hall–Kier alpha value is -1.61. The summed E-state index contributed by atoms with van der Waals surface area (Å²) in [6, 6.07) is 8.03. The molecule has 0 unspecified atom stereocenters. The maximum atomic E-state index is 5.78. The van der Waals surface area contributed by atoms with E-state index >= 15 is 0 Å². The lowest BCUT2D eigenvalue weighted by Crippen LogP contribution is -2.01. The van der Waals surface area contributed by atoms with Crippen molar-refractivity contribution in [2.75, 3.05) is 0 Å². The van der Waals surface area contributed by atoms with E-state index in [1.807, 2.05) is 18.2 Å². The lowest BCUT2D eigenvalue weighted by molar-refractivity contribution is 0.296. The summed E-state index contributed by atoms with van der Waals surface area (Å²) < 4.78 is 5.78.